The molecule has 0 saturated carbocycles. The van der Waals surface area contributed by atoms with E-state index in [0.29, 0.717) is 0 Å². The standard InChI is InChI=1S/C10H15N5O13P2S.Li.H2O/c16-6-4(1-26-30(21,22)28-31(23,24)25)27-10(7(6)17)15-3-13-5-8(14-29(18,19)20)11-2-12-9(5)15;;/h2-4,6-7,10,16-17H,1H2,(H,21,22)(H,23,24,25)(H3,11,12,14,18,19,20);;1H2/q;+1;/t4-,6-,7-,10-;;/m1../s1. The molecule has 1 fully saturated rings. The molecule has 9 N–H and O–H groups in total. The van der Waals surface area contributed by atoms with E-state index in [4.69, 9.17) is 19.1 Å². The number of imidazole rings is 1. The Balaban J connectivity index is 0.00000272. The summed E-state index contributed by atoms with van der Waals surface area (Å²) in [6.45, 7) is -0.940. The normalized spacial score (nSPS) is 25.2. The first-order valence-electron chi connectivity index (χ1n) is 7.86. The van der Waals surface area contributed by atoms with Crippen molar-refractivity contribution in [2.45, 2.75) is 24.5 Å². The number of hydrogen-bond acceptors (Lipinski definition) is 12. The molecule has 0 spiro atoms. The first kappa shape index (κ1) is 30.0. The second kappa shape index (κ2) is 10.7. The van der Waals surface area contributed by atoms with Gasteiger partial charge in [0.05, 0.1) is 12.9 Å². The number of hydrogen-bond donors (Lipinski definition) is 7. The van der Waals surface area contributed by atoms with Crippen LogP contribution in [0.4, 0.5) is 5.82 Å². The topological polar surface area (TPSA) is 304 Å². The monoisotopic (exact) mass is 532 g/mol. The van der Waals surface area contributed by atoms with Gasteiger partial charge in [-0.2, -0.15) is 8.42 Å². The number of aliphatic hydroxyl groups excluding tert-OH is 2. The van der Waals surface area contributed by atoms with E-state index in [1.165, 1.54) is 0 Å². The molecule has 33 heavy (non-hydrogen) atoms. The van der Waals surface area contributed by atoms with Gasteiger partial charge in [0.2, 0.25) is 0 Å². The summed E-state index contributed by atoms with van der Waals surface area (Å²) < 4.78 is 66.4. The van der Waals surface area contributed by atoms with Crippen molar-refractivity contribution in [2.24, 2.45) is 0 Å². The number of anilines is 1. The maximum Gasteiger partial charge on any atom is 1.00 e. The third-order valence-electron chi connectivity index (χ3n) is 3.81. The van der Waals surface area contributed by atoms with E-state index in [1.807, 2.05) is 5.09 Å². The van der Waals surface area contributed by atoms with E-state index < -0.39 is 57.1 Å². The van der Waals surface area contributed by atoms with Crippen molar-refractivity contribution < 1.29 is 84.6 Å². The van der Waals surface area contributed by atoms with Crippen molar-refractivity contribution in [3.63, 3.8) is 0 Å². The Bertz CT molecular complexity index is 1170. The van der Waals surface area contributed by atoms with Crippen molar-refractivity contribution in [2.75, 3.05) is 11.7 Å². The molecule has 0 bridgehead atoms. The third-order valence-corrected chi connectivity index (χ3v) is 6.30. The number of aliphatic hydroxyl groups is 2. The summed E-state index contributed by atoms with van der Waals surface area (Å²) in [4.78, 5) is 38.8. The van der Waals surface area contributed by atoms with Gasteiger partial charge in [-0.25, -0.2) is 24.1 Å². The van der Waals surface area contributed by atoms with E-state index >= 15 is 0 Å². The fourth-order valence-electron chi connectivity index (χ4n) is 2.66. The van der Waals surface area contributed by atoms with Crippen LogP contribution in [0.15, 0.2) is 12.7 Å². The van der Waals surface area contributed by atoms with Crippen LogP contribution in [0.25, 0.3) is 11.2 Å². The van der Waals surface area contributed by atoms with Crippen LogP contribution in [0.2, 0.25) is 0 Å². The molecular weight excluding hydrogens is 515 g/mol. The summed E-state index contributed by atoms with van der Waals surface area (Å²) in [5.41, 5.74) is -0.177. The number of phosphoric acid groups is 1. The van der Waals surface area contributed by atoms with Crippen LogP contribution >= 0.6 is 15.6 Å². The van der Waals surface area contributed by atoms with Gasteiger partial charge in [-0.1, -0.05) is 0 Å². The summed E-state index contributed by atoms with van der Waals surface area (Å²) in [5.74, 6) is -0.325. The summed E-state index contributed by atoms with van der Waals surface area (Å²) in [6.07, 6.45) is -4.25. The maximum absolute atomic E-state index is 11.5. The molecule has 5 atom stereocenters. The van der Waals surface area contributed by atoms with Gasteiger partial charge >= 0.3 is 44.8 Å². The minimum atomic E-state index is -5.32. The van der Waals surface area contributed by atoms with Gasteiger partial charge in [0.15, 0.2) is 23.2 Å². The Hall–Kier alpha value is -1.04. The van der Waals surface area contributed by atoms with Crippen LogP contribution in [0.3, 0.4) is 0 Å². The smallest absolute Gasteiger partial charge is 0.412 e. The van der Waals surface area contributed by atoms with Crippen molar-refractivity contribution in [1.82, 2.24) is 19.5 Å². The van der Waals surface area contributed by atoms with Crippen molar-refractivity contribution in [1.29, 1.82) is 0 Å². The van der Waals surface area contributed by atoms with Gasteiger partial charge in [0, 0.05) is 0 Å². The summed E-state index contributed by atoms with van der Waals surface area (Å²) in [7, 11) is -15.3. The fourth-order valence-corrected chi connectivity index (χ4v) is 4.56. The van der Waals surface area contributed by atoms with E-state index in [0.717, 1.165) is 17.2 Å². The first-order valence-corrected chi connectivity index (χ1v) is 12.3. The zero-order valence-corrected chi connectivity index (χ0v) is 18.9. The molecule has 19 nitrogen and oxygen atoms in total. The van der Waals surface area contributed by atoms with E-state index in [2.05, 4.69) is 23.4 Å². The molecule has 1 unspecified atom stereocenters. The quantitative estimate of drug-likeness (QED) is 0.0945. The summed E-state index contributed by atoms with van der Waals surface area (Å²) in [6, 6.07) is 0. The molecule has 3 heterocycles. The molecule has 1 saturated heterocycles. The van der Waals surface area contributed by atoms with Crippen LogP contribution in [-0.4, -0.2) is 87.8 Å². The van der Waals surface area contributed by atoms with Crippen LogP contribution in [-0.2, 0) is 32.8 Å². The Labute approximate surface area is 196 Å². The van der Waals surface area contributed by atoms with Crippen molar-refractivity contribution in [3.05, 3.63) is 12.7 Å². The number of rotatable bonds is 8. The number of ether oxygens (including phenoxy) is 1. The second-order valence-electron chi connectivity index (χ2n) is 6.02. The minimum Gasteiger partial charge on any atom is -0.412 e. The Morgan fingerprint density at radius 1 is 1.15 bits per heavy atom. The Morgan fingerprint density at radius 3 is 2.36 bits per heavy atom. The van der Waals surface area contributed by atoms with E-state index in [-0.39, 0.29) is 41.3 Å². The fraction of sp³-hybridized carbons (Fsp3) is 0.500. The van der Waals surface area contributed by atoms with Crippen LogP contribution in [0.1, 0.15) is 6.23 Å². The van der Waals surface area contributed by atoms with Crippen LogP contribution in [0, 0.1) is 0 Å². The molecule has 0 amide bonds. The number of fused-ring (bicyclic) bond motifs is 1. The molecule has 23 heteroatoms. The van der Waals surface area contributed by atoms with Crippen LogP contribution < -0.4 is 23.9 Å². The van der Waals surface area contributed by atoms with Gasteiger partial charge < -0.3 is 35.1 Å². The molecule has 1 aliphatic heterocycles. The molecule has 182 valence electrons. The maximum atomic E-state index is 11.5. The predicted molar refractivity (Wildman–Crippen MR) is 98.9 cm³/mol. The van der Waals surface area contributed by atoms with Gasteiger partial charge in [-0.15, -0.1) is 3.97 Å². The third kappa shape index (κ3) is 7.47. The van der Waals surface area contributed by atoms with Crippen molar-refractivity contribution in [3.8, 4) is 0 Å². The van der Waals surface area contributed by atoms with Gasteiger partial charge in [0.25, 0.3) is 0 Å². The Kier molecular flexibility index (Phi) is 9.72. The van der Waals surface area contributed by atoms with E-state index in [1.54, 1.807) is 0 Å². The Morgan fingerprint density at radius 2 is 1.79 bits per heavy atom. The molecule has 2 aromatic heterocycles. The second-order valence-corrected chi connectivity index (χ2v) is 9.97. The first-order chi connectivity index (χ1) is 14.2. The summed E-state index contributed by atoms with van der Waals surface area (Å²) in [5, 5.41) is 22.2. The number of nitrogens with one attached hydrogen (secondary N) is 1. The predicted octanol–water partition coefficient (Wildman–Crippen LogP) is -5.93. The van der Waals surface area contributed by atoms with Gasteiger partial charge in [-0.05, 0) is 0 Å². The largest absolute Gasteiger partial charge is 1.00 e. The molecular formula is C10H17LiN5O14P2S+. The van der Waals surface area contributed by atoms with Crippen LogP contribution in [0.5, 0.6) is 0 Å². The summed E-state index contributed by atoms with van der Waals surface area (Å²) >= 11 is 0. The molecule has 0 radical (unpaired) electrons. The number of phosphoric ester groups is 1. The molecule has 0 aromatic carbocycles. The average molecular weight is 532 g/mol. The molecule has 2 aromatic rings. The molecule has 1 aliphatic rings. The average Bonchev–Trinajstić information content (AvgIpc) is 3.13. The van der Waals surface area contributed by atoms with E-state index in [9.17, 15) is 32.7 Å². The molecule has 3 rings (SSSR count). The zero-order chi connectivity index (χ0) is 23.2. The van der Waals surface area contributed by atoms with Crippen molar-refractivity contribution >= 4 is 42.9 Å². The number of aromatic nitrogens is 4. The van der Waals surface area contributed by atoms with Gasteiger partial charge in [0.1, 0.15) is 24.6 Å². The zero-order valence-electron chi connectivity index (χ0n) is 16.3. The minimum absolute atomic E-state index is 0. The molecule has 0 aliphatic carbocycles. The van der Waals surface area contributed by atoms with Gasteiger partial charge in [-0.3, -0.25) is 18.7 Å². The number of nitrogens with zero attached hydrogens (tertiary/aromatic N) is 4. The SMILES string of the molecule is O.O=P(O)(O)Nc1ncnc2c1ncn2[C@@H]1O[C@H](COP(=O)(O)OS(=O)(=O)O)[C@@H](O)[C@H]1O.[Li+].